The summed E-state index contributed by atoms with van der Waals surface area (Å²) >= 11 is 1.58. The average molecular weight is 323 g/mol. The Morgan fingerprint density at radius 3 is 2.62 bits per heavy atom. The fourth-order valence-corrected chi connectivity index (χ4v) is 3.29. The Kier molecular flexibility index (Phi) is 5.27. The maximum Gasteiger partial charge on any atom is 0.264 e. The van der Waals surface area contributed by atoms with Crippen molar-refractivity contribution >= 4 is 33.6 Å². The minimum atomic E-state index is -3.88. The summed E-state index contributed by atoms with van der Waals surface area (Å²) < 4.78 is 30.1. The molecule has 0 radical (unpaired) electrons. The van der Waals surface area contributed by atoms with Gasteiger partial charge in [-0.25, -0.2) is 4.98 Å². The van der Waals surface area contributed by atoms with Gasteiger partial charge >= 0.3 is 0 Å². The molecule has 0 fully saturated rings. The summed E-state index contributed by atoms with van der Waals surface area (Å²) in [5, 5.41) is 0.901. The lowest BCUT2D eigenvalue weighted by molar-refractivity contribution is 0.481. The second-order valence-corrected chi connectivity index (χ2v) is 7.50. The number of aromatic nitrogens is 1. The maximum absolute atomic E-state index is 10.7. The number of rotatable bonds is 6. The molecule has 0 aliphatic rings. The molecule has 1 aromatic carbocycles. The Labute approximate surface area is 128 Å². The van der Waals surface area contributed by atoms with Crippen LogP contribution in [-0.2, 0) is 16.5 Å². The van der Waals surface area contributed by atoms with E-state index >= 15 is 0 Å². The van der Waals surface area contributed by atoms with Crippen molar-refractivity contribution in [3.8, 4) is 0 Å². The summed E-state index contributed by atoms with van der Waals surface area (Å²) in [6.07, 6.45) is 4.89. The van der Waals surface area contributed by atoms with Gasteiger partial charge in [0.25, 0.3) is 10.1 Å². The fraction of sp³-hybridized carbons (Fsp3) is 0.267. The zero-order valence-corrected chi connectivity index (χ0v) is 13.3. The van der Waals surface area contributed by atoms with Crippen molar-refractivity contribution in [2.45, 2.75) is 19.8 Å². The highest BCUT2D eigenvalue weighted by Gasteiger charge is 2.09. The molecule has 0 aliphatic heterocycles. The average Bonchev–Trinajstić information content (AvgIpc) is 2.77. The first-order chi connectivity index (χ1) is 9.94. The van der Waals surface area contributed by atoms with Crippen molar-refractivity contribution in [3.05, 3.63) is 51.5 Å². The second kappa shape index (κ2) is 6.98. The van der Waals surface area contributed by atoms with E-state index in [4.69, 9.17) is 4.55 Å². The lowest BCUT2D eigenvalue weighted by atomic mass is 10.2. The first-order valence-corrected chi connectivity index (χ1v) is 9.01. The van der Waals surface area contributed by atoms with E-state index < -0.39 is 10.1 Å². The van der Waals surface area contributed by atoms with Crippen LogP contribution < -0.4 is 0 Å². The van der Waals surface area contributed by atoms with Gasteiger partial charge in [0, 0.05) is 4.88 Å². The third kappa shape index (κ3) is 5.41. The molecular formula is C15H17NO3S2. The molecule has 1 heterocycles. The van der Waals surface area contributed by atoms with E-state index in [0.717, 1.165) is 21.1 Å². The third-order valence-electron chi connectivity index (χ3n) is 2.94. The van der Waals surface area contributed by atoms with Crippen LogP contribution in [0.4, 0.5) is 0 Å². The van der Waals surface area contributed by atoms with E-state index in [1.165, 1.54) is 0 Å². The molecule has 0 amide bonds. The number of thiazole rings is 1. The number of aryl methyl sites for hydroxylation is 2. The standard InChI is InChI=1S/C15H17NO3S2/c1-12-14(8-5-11-21(17,18)19)16-15(20-12)10-9-13-6-3-2-4-7-13/h2-4,6-7,9-10H,5,8,11H2,1H3,(H,17,18,19). The smallest absolute Gasteiger partial charge is 0.264 e. The van der Waals surface area contributed by atoms with Gasteiger partial charge in [0.15, 0.2) is 0 Å². The monoisotopic (exact) mass is 323 g/mol. The molecule has 112 valence electrons. The summed E-state index contributed by atoms with van der Waals surface area (Å²) in [5.74, 6) is -0.223. The quantitative estimate of drug-likeness (QED) is 0.827. The SMILES string of the molecule is Cc1sc(C=Cc2ccccc2)nc1CCCS(=O)(=O)O. The van der Waals surface area contributed by atoms with Crippen LogP contribution in [-0.4, -0.2) is 23.7 Å². The molecule has 0 aliphatic carbocycles. The minimum absolute atomic E-state index is 0.223. The van der Waals surface area contributed by atoms with Crippen LogP contribution in [0.3, 0.4) is 0 Å². The van der Waals surface area contributed by atoms with E-state index in [1.54, 1.807) is 11.3 Å². The van der Waals surface area contributed by atoms with Gasteiger partial charge in [-0.2, -0.15) is 8.42 Å². The van der Waals surface area contributed by atoms with Gasteiger partial charge in [0.2, 0.25) is 0 Å². The van der Waals surface area contributed by atoms with Crippen LogP contribution in [0.2, 0.25) is 0 Å². The Hall–Kier alpha value is -1.50. The minimum Gasteiger partial charge on any atom is -0.286 e. The Morgan fingerprint density at radius 1 is 1.24 bits per heavy atom. The van der Waals surface area contributed by atoms with Gasteiger partial charge in [-0.05, 0) is 31.4 Å². The van der Waals surface area contributed by atoms with Crippen molar-refractivity contribution < 1.29 is 13.0 Å². The molecule has 0 spiro atoms. The zero-order chi connectivity index (χ0) is 15.3. The first kappa shape index (κ1) is 15.9. The summed E-state index contributed by atoms with van der Waals surface area (Å²) in [5.41, 5.74) is 2.01. The van der Waals surface area contributed by atoms with Crippen molar-refractivity contribution in [2.24, 2.45) is 0 Å². The molecule has 4 nitrogen and oxygen atoms in total. The van der Waals surface area contributed by atoms with Crippen molar-refractivity contribution in [2.75, 3.05) is 5.75 Å². The third-order valence-corrected chi connectivity index (χ3v) is 4.73. The number of hydrogen-bond acceptors (Lipinski definition) is 4. The van der Waals surface area contributed by atoms with Gasteiger partial charge in [-0.15, -0.1) is 11.3 Å². The molecule has 1 N–H and O–H groups in total. The molecule has 0 unspecified atom stereocenters. The Bertz CT molecular complexity index is 719. The normalized spacial score (nSPS) is 12.1. The highest BCUT2D eigenvalue weighted by atomic mass is 32.2. The molecule has 6 heteroatoms. The summed E-state index contributed by atoms with van der Waals surface area (Å²) in [7, 11) is -3.88. The molecule has 2 aromatic rings. The molecule has 21 heavy (non-hydrogen) atoms. The van der Waals surface area contributed by atoms with Crippen molar-refractivity contribution in [1.82, 2.24) is 4.98 Å². The highest BCUT2D eigenvalue weighted by molar-refractivity contribution is 7.85. The molecular weight excluding hydrogens is 306 g/mol. The van der Waals surface area contributed by atoms with Crippen LogP contribution >= 0.6 is 11.3 Å². The first-order valence-electron chi connectivity index (χ1n) is 6.58. The van der Waals surface area contributed by atoms with Crippen molar-refractivity contribution in [1.29, 1.82) is 0 Å². The Balaban J connectivity index is 2.00. The maximum atomic E-state index is 10.7. The van der Waals surface area contributed by atoms with E-state index in [-0.39, 0.29) is 5.75 Å². The molecule has 0 saturated heterocycles. The van der Waals surface area contributed by atoms with Gasteiger partial charge in [0.1, 0.15) is 5.01 Å². The van der Waals surface area contributed by atoms with Gasteiger partial charge in [-0.1, -0.05) is 36.4 Å². The molecule has 0 bridgehead atoms. The molecule has 2 rings (SSSR count). The number of nitrogens with zero attached hydrogens (tertiary/aromatic N) is 1. The fourth-order valence-electron chi connectivity index (χ4n) is 1.91. The Morgan fingerprint density at radius 2 is 1.95 bits per heavy atom. The van der Waals surface area contributed by atoms with Gasteiger partial charge < -0.3 is 0 Å². The second-order valence-electron chi connectivity index (χ2n) is 4.69. The number of hydrogen-bond donors (Lipinski definition) is 1. The van der Waals surface area contributed by atoms with Crippen molar-refractivity contribution in [3.63, 3.8) is 0 Å². The van der Waals surface area contributed by atoms with E-state index in [2.05, 4.69) is 4.98 Å². The van der Waals surface area contributed by atoms with Gasteiger partial charge in [-0.3, -0.25) is 4.55 Å². The van der Waals surface area contributed by atoms with E-state index in [0.29, 0.717) is 12.8 Å². The zero-order valence-electron chi connectivity index (χ0n) is 11.7. The highest BCUT2D eigenvalue weighted by Crippen LogP contribution is 2.21. The molecule has 0 atom stereocenters. The van der Waals surface area contributed by atoms with Gasteiger partial charge in [0.05, 0.1) is 11.4 Å². The number of benzene rings is 1. The molecule has 1 aromatic heterocycles. The van der Waals surface area contributed by atoms with Crippen LogP contribution in [0, 0.1) is 6.92 Å². The summed E-state index contributed by atoms with van der Waals surface area (Å²) in [6, 6.07) is 9.97. The topological polar surface area (TPSA) is 67.3 Å². The summed E-state index contributed by atoms with van der Waals surface area (Å²) in [6.45, 7) is 1.97. The predicted molar refractivity (Wildman–Crippen MR) is 87.0 cm³/mol. The van der Waals surface area contributed by atoms with Crippen LogP contribution in [0.15, 0.2) is 30.3 Å². The largest absolute Gasteiger partial charge is 0.286 e. The van der Waals surface area contributed by atoms with E-state index in [9.17, 15) is 8.42 Å². The lowest BCUT2D eigenvalue weighted by Gasteiger charge is -1.97. The summed E-state index contributed by atoms with van der Waals surface area (Å²) in [4.78, 5) is 5.58. The molecule has 0 saturated carbocycles. The lowest BCUT2D eigenvalue weighted by Crippen LogP contribution is -2.05. The van der Waals surface area contributed by atoms with E-state index in [1.807, 2.05) is 49.4 Å². The predicted octanol–water partition coefficient (Wildman–Crippen LogP) is 3.44. The van der Waals surface area contributed by atoms with Crippen LogP contribution in [0.1, 0.15) is 27.6 Å². The van der Waals surface area contributed by atoms with Crippen LogP contribution in [0.25, 0.3) is 12.2 Å². The van der Waals surface area contributed by atoms with Crippen LogP contribution in [0.5, 0.6) is 0 Å².